The van der Waals surface area contributed by atoms with Gasteiger partial charge in [-0.1, -0.05) is 30.3 Å². The minimum atomic E-state index is -0.579. The van der Waals surface area contributed by atoms with Crippen molar-refractivity contribution in [2.75, 3.05) is 16.0 Å². The van der Waals surface area contributed by atoms with Crippen molar-refractivity contribution in [3.8, 4) is 0 Å². The van der Waals surface area contributed by atoms with E-state index in [0.717, 1.165) is 17.1 Å². The van der Waals surface area contributed by atoms with Crippen LogP contribution in [0.5, 0.6) is 0 Å². The number of amides is 1. The Bertz CT molecular complexity index is 1290. The van der Waals surface area contributed by atoms with Crippen molar-refractivity contribution in [3.63, 3.8) is 0 Å². The summed E-state index contributed by atoms with van der Waals surface area (Å²) >= 11 is 0. The molecular weight excluding hydrogens is 420 g/mol. The molecule has 0 saturated heterocycles. The lowest BCUT2D eigenvalue weighted by atomic mass is 10.1. The highest BCUT2D eigenvalue weighted by molar-refractivity contribution is 6.07. The molecule has 164 valence electrons. The number of carbonyl (C=O) groups is 1. The first kappa shape index (κ1) is 21.4. The maximum Gasteiger partial charge on any atom is 0.282 e. The van der Waals surface area contributed by atoms with E-state index in [-0.39, 0.29) is 11.3 Å². The molecule has 0 aliphatic heterocycles. The standard InChI is InChI=1S/C24H20N6O3/c1-16-15-22(26-17-7-3-2-4-8-17)29-24(25-16)28-19-13-11-18(12-14-19)27-23(31)20-9-5-6-10-21(20)30(32)33/h2-15H,1H3,(H,27,31)(H2,25,26,28,29). The highest BCUT2D eigenvalue weighted by Crippen LogP contribution is 2.22. The topological polar surface area (TPSA) is 122 Å². The van der Waals surface area contributed by atoms with Gasteiger partial charge in [0.15, 0.2) is 0 Å². The van der Waals surface area contributed by atoms with Crippen molar-refractivity contribution in [1.29, 1.82) is 0 Å². The molecule has 0 fully saturated rings. The Hall–Kier alpha value is -4.79. The molecule has 3 N–H and O–H groups in total. The number of nitro benzene ring substituents is 1. The molecule has 0 spiro atoms. The predicted octanol–water partition coefficient (Wildman–Crippen LogP) is 5.43. The van der Waals surface area contributed by atoms with Crippen molar-refractivity contribution >= 4 is 40.4 Å². The van der Waals surface area contributed by atoms with Crippen LogP contribution in [0, 0.1) is 17.0 Å². The fraction of sp³-hybridized carbons (Fsp3) is 0.0417. The van der Waals surface area contributed by atoms with Gasteiger partial charge < -0.3 is 16.0 Å². The Morgan fingerprint density at radius 2 is 1.45 bits per heavy atom. The summed E-state index contributed by atoms with van der Waals surface area (Å²) in [5, 5.41) is 20.2. The number of nitrogens with one attached hydrogen (secondary N) is 3. The van der Waals surface area contributed by atoms with Gasteiger partial charge in [-0.3, -0.25) is 14.9 Å². The van der Waals surface area contributed by atoms with Crippen LogP contribution in [0.25, 0.3) is 0 Å². The Kier molecular flexibility index (Phi) is 6.21. The summed E-state index contributed by atoms with van der Waals surface area (Å²) in [5.74, 6) is 0.524. The average molecular weight is 440 g/mol. The first-order chi connectivity index (χ1) is 16.0. The van der Waals surface area contributed by atoms with Gasteiger partial charge in [0, 0.05) is 34.9 Å². The van der Waals surface area contributed by atoms with Crippen molar-refractivity contribution in [3.05, 3.63) is 106 Å². The molecule has 1 aromatic heterocycles. The maximum atomic E-state index is 12.5. The van der Waals surface area contributed by atoms with Gasteiger partial charge in [-0.05, 0) is 49.4 Å². The first-order valence-electron chi connectivity index (χ1n) is 10.1. The molecule has 0 radical (unpaired) electrons. The van der Waals surface area contributed by atoms with Crippen molar-refractivity contribution in [1.82, 2.24) is 9.97 Å². The third-order valence-corrected chi connectivity index (χ3v) is 4.64. The largest absolute Gasteiger partial charge is 0.340 e. The van der Waals surface area contributed by atoms with Crippen LogP contribution in [0.2, 0.25) is 0 Å². The summed E-state index contributed by atoms with van der Waals surface area (Å²) in [5.41, 5.74) is 2.68. The maximum absolute atomic E-state index is 12.5. The number of rotatable bonds is 7. The van der Waals surface area contributed by atoms with Gasteiger partial charge in [0.2, 0.25) is 5.95 Å². The van der Waals surface area contributed by atoms with E-state index in [1.165, 1.54) is 18.2 Å². The molecular formula is C24H20N6O3. The highest BCUT2D eigenvalue weighted by atomic mass is 16.6. The van der Waals surface area contributed by atoms with E-state index < -0.39 is 10.8 Å². The van der Waals surface area contributed by atoms with Gasteiger partial charge >= 0.3 is 0 Å². The zero-order valence-electron chi connectivity index (χ0n) is 17.6. The number of nitrogens with zero attached hydrogens (tertiary/aromatic N) is 3. The van der Waals surface area contributed by atoms with Crippen LogP contribution >= 0.6 is 0 Å². The molecule has 33 heavy (non-hydrogen) atoms. The van der Waals surface area contributed by atoms with Gasteiger partial charge in [-0.25, -0.2) is 4.98 Å². The number of hydrogen-bond donors (Lipinski definition) is 3. The lowest BCUT2D eigenvalue weighted by molar-refractivity contribution is -0.385. The summed E-state index contributed by atoms with van der Waals surface area (Å²) < 4.78 is 0. The molecule has 3 aromatic carbocycles. The molecule has 4 aromatic rings. The van der Waals surface area contributed by atoms with Crippen LogP contribution in [0.4, 0.5) is 34.5 Å². The smallest absolute Gasteiger partial charge is 0.282 e. The summed E-state index contributed by atoms with van der Waals surface area (Å²) in [6.07, 6.45) is 0. The molecule has 0 atom stereocenters. The highest BCUT2D eigenvalue weighted by Gasteiger charge is 2.19. The quantitative estimate of drug-likeness (QED) is 0.259. The normalized spacial score (nSPS) is 10.3. The third kappa shape index (κ3) is 5.47. The molecule has 1 amide bonds. The van der Waals surface area contributed by atoms with E-state index in [0.29, 0.717) is 17.5 Å². The fourth-order valence-electron chi connectivity index (χ4n) is 3.15. The van der Waals surface area contributed by atoms with Crippen molar-refractivity contribution in [2.24, 2.45) is 0 Å². The van der Waals surface area contributed by atoms with E-state index >= 15 is 0 Å². The molecule has 4 rings (SSSR count). The Morgan fingerprint density at radius 3 is 2.18 bits per heavy atom. The third-order valence-electron chi connectivity index (χ3n) is 4.64. The van der Waals surface area contributed by atoms with Crippen molar-refractivity contribution < 1.29 is 9.72 Å². The molecule has 9 heteroatoms. The SMILES string of the molecule is Cc1cc(Nc2ccccc2)nc(Nc2ccc(NC(=O)c3ccccc3[N+](=O)[O-])cc2)n1. The molecule has 0 unspecified atom stereocenters. The number of para-hydroxylation sites is 2. The number of aromatic nitrogens is 2. The van der Waals surface area contributed by atoms with Crippen LogP contribution in [-0.4, -0.2) is 20.8 Å². The van der Waals surface area contributed by atoms with E-state index in [2.05, 4.69) is 25.9 Å². The van der Waals surface area contributed by atoms with Gasteiger partial charge in [0.05, 0.1) is 4.92 Å². The van der Waals surface area contributed by atoms with Crippen LogP contribution in [0.1, 0.15) is 16.1 Å². The second kappa shape index (κ2) is 9.56. The van der Waals surface area contributed by atoms with E-state index in [4.69, 9.17) is 0 Å². The molecule has 0 aliphatic rings. The number of benzene rings is 3. The fourth-order valence-corrected chi connectivity index (χ4v) is 3.15. The predicted molar refractivity (Wildman–Crippen MR) is 127 cm³/mol. The van der Waals surface area contributed by atoms with Gasteiger partial charge in [-0.15, -0.1) is 0 Å². The molecule has 0 bridgehead atoms. The lowest BCUT2D eigenvalue weighted by Gasteiger charge is -2.11. The van der Waals surface area contributed by atoms with Gasteiger partial charge in [0.1, 0.15) is 11.4 Å². The van der Waals surface area contributed by atoms with Gasteiger partial charge in [0.25, 0.3) is 11.6 Å². The van der Waals surface area contributed by atoms with E-state index in [9.17, 15) is 14.9 Å². The first-order valence-corrected chi connectivity index (χ1v) is 10.1. The van der Waals surface area contributed by atoms with E-state index in [1.54, 1.807) is 30.3 Å². The monoisotopic (exact) mass is 440 g/mol. The average Bonchev–Trinajstić information content (AvgIpc) is 2.80. The number of anilines is 5. The summed E-state index contributed by atoms with van der Waals surface area (Å²) in [6.45, 7) is 1.88. The summed E-state index contributed by atoms with van der Waals surface area (Å²) in [6, 6.07) is 24.3. The molecule has 9 nitrogen and oxygen atoms in total. The van der Waals surface area contributed by atoms with Crippen LogP contribution in [0.3, 0.4) is 0 Å². The Labute approximate surface area is 189 Å². The summed E-state index contributed by atoms with van der Waals surface area (Å²) in [4.78, 5) is 32.0. The summed E-state index contributed by atoms with van der Waals surface area (Å²) in [7, 11) is 0. The van der Waals surface area contributed by atoms with E-state index in [1.807, 2.05) is 43.3 Å². The van der Waals surface area contributed by atoms with Gasteiger partial charge in [-0.2, -0.15) is 4.98 Å². The Balaban J connectivity index is 1.45. The second-order valence-corrected chi connectivity index (χ2v) is 7.14. The lowest BCUT2D eigenvalue weighted by Crippen LogP contribution is -2.13. The minimum Gasteiger partial charge on any atom is -0.340 e. The Morgan fingerprint density at radius 1 is 0.818 bits per heavy atom. The second-order valence-electron chi connectivity index (χ2n) is 7.14. The zero-order chi connectivity index (χ0) is 23.2. The van der Waals surface area contributed by atoms with Crippen LogP contribution in [0.15, 0.2) is 84.9 Å². The number of carbonyl (C=O) groups excluding carboxylic acids is 1. The number of aryl methyl sites for hydroxylation is 1. The number of hydrogen-bond acceptors (Lipinski definition) is 7. The molecule has 0 saturated carbocycles. The van der Waals surface area contributed by atoms with Crippen LogP contribution in [-0.2, 0) is 0 Å². The minimum absolute atomic E-state index is 0.00342. The van der Waals surface area contributed by atoms with Crippen LogP contribution < -0.4 is 16.0 Å². The molecule has 0 aliphatic carbocycles. The molecule has 1 heterocycles. The van der Waals surface area contributed by atoms with Crippen molar-refractivity contribution in [2.45, 2.75) is 6.92 Å². The zero-order valence-corrected chi connectivity index (χ0v) is 17.6. The number of nitro groups is 1.